The Morgan fingerprint density at radius 1 is 1.16 bits per heavy atom. The second-order valence-electron chi connectivity index (χ2n) is 9.47. The van der Waals surface area contributed by atoms with Crippen LogP contribution in [0, 0.1) is 0 Å². The topological polar surface area (TPSA) is 32.8 Å². The van der Waals surface area contributed by atoms with Gasteiger partial charge in [0.1, 0.15) is 5.60 Å². The number of piperidine rings is 1. The highest BCUT2D eigenvalue weighted by Crippen LogP contribution is 2.53. The van der Waals surface area contributed by atoms with Gasteiger partial charge < -0.3 is 14.5 Å². The van der Waals surface area contributed by atoms with Gasteiger partial charge in [-0.25, -0.2) is 4.79 Å². The van der Waals surface area contributed by atoms with Gasteiger partial charge >= 0.3 is 6.09 Å². The fraction of sp³-hybridized carbons (Fsp3) is 0.458. The van der Waals surface area contributed by atoms with Crippen LogP contribution in [0.5, 0.6) is 0 Å². The summed E-state index contributed by atoms with van der Waals surface area (Å²) in [5, 5.41) is 1.29. The number of benzene rings is 2. The number of anilines is 1. The molecule has 1 saturated heterocycles. The van der Waals surface area contributed by atoms with Crippen LogP contribution in [0.3, 0.4) is 0 Å². The lowest BCUT2D eigenvalue weighted by atomic mass is 9.88. The van der Waals surface area contributed by atoms with Gasteiger partial charge in [0.25, 0.3) is 0 Å². The Hall–Kier alpha value is -1.56. The maximum Gasteiger partial charge on any atom is 0.410 e. The number of fused-ring (bicyclic) bond motifs is 3. The first-order chi connectivity index (χ1) is 14.7. The normalized spacial score (nSPS) is 22.2. The third-order valence-electron chi connectivity index (χ3n) is 6.25. The lowest BCUT2D eigenvalue weighted by molar-refractivity contribution is 0.0189. The molecule has 0 saturated carbocycles. The van der Waals surface area contributed by atoms with Crippen LogP contribution in [0.1, 0.15) is 38.7 Å². The van der Waals surface area contributed by atoms with E-state index in [1.807, 2.05) is 49.6 Å². The van der Waals surface area contributed by atoms with Crippen molar-refractivity contribution in [1.82, 2.24) is 4.90 Å². The van der Waals surface area contributed by atoms with Crippen molar-refractivity contribution in [3.63, 3.8) is 0 Å². The molecule has 0 bridgehead atoms. The van der Waals surface area contributed by atoms with Gasteiger partial charge in [-0.05, 0) is 62.6 Å². The molecule has 3 aliphatic heterocycles. The standard InChI is InChI=1S/C24H26Cl2N2O2S/c1-24(2,3)30-23(29)27-7-6-20-18(13-27)17-10-14(16-5-4-15(25)12-19(16)26)11-21-22(17)28(20)8-9-31-21/h4-5,10-12,18,20H,6-9,13H2,1-3H3/t18-,20-/m0/s1. The Bertz CT molecular complexity index is 1050. The molecule has 3 heterocycles. The van der Waals surface area contributed by atoms with Crippen LogP contribution in [0.2, 0.25) is 10.0 Å². The first-order valence-corrected chi connectivity index (χ1v) is 12.5. The number of halogens is 2. The monoisotopic (exact) mass is 476 g/mol. The molecule has 2 aromatic rings. The Labute approximate surface area is 197 Å². The molecule has 0 unspecified atom stereocenters. The summed E-state index contributed by atoms with van der Waals surface area (Å²) in [6.07, 6.45) is 0.743. The van der Waals surface area contributed by atoms with Crippen molar-refractivity contribution in [2.24, 2.45) is 0 Å². The number of hydrogen-bond donors (Lipinski definition) is 0. The SMILES string of the molecule is CC(C)(C)OC(=O)N1CC[C@H]2[C@@H](C1)c1cc(-c3ccc(Cl)cc3Cl)cc3c1N2CCS3. The van der Waals surface area contributed by atoms with E-state index in [1.54, 1.807) is 6.07 Å². The third kappa shape index (κ3) is 3.90. The zero-order chi connectivity index (χ0) is 21.9. The summed E-state index contributed by atoms with van der Waals surface area (Å²) >= 11 is 14.6. The predicted molar refractivity (Wildman–Crippen MR) is 129 cm³/mol. The van der Waals surface area contributed by atoms with Crippen molar-refractivity contribution in [3.8, 4) is 11.1 Å². The maximum atomic E-state index is 12.8. The fourth-order valence-electron chi connectivity index (χ4n) is 5.02. The van der Waals surface area contributed by atoms with Gasteiger partial charge in [-0.2, -0.15) is 0 Å². The van der Waals surface area contributed by atoms with Gasteiger partial charge in [-0.3, -0.25) is 0 Å². The van der Waals surface area contributed by atoms with Crippen LogP contribution in [0.15, 0.2) is 35.2 Å². The van der Waals surface area contributed by atoms with Crippen LogP contribution in [0.4, 0.5) is 10.5 Å². The first kappa shape index (κ1) is 21.3. The van der Waals surface area contributed by atoms with Gasteiger partial charge in [-0.15, -0.1) is 11.8 Å². The number of carbonyl (C=O) groups excluding carboxylic acids is 1. The van der Waals surface area contributed by atoms with Crippen molar-refractivity contribution < 1.29 is 9.53 Å². The minimum Gasteiger partial charge on any atom is -0.444 e. The Morgan fingerprint density at radius 3 is 2.71 bits per heavy atom. The van der Waals surface area contributed by atoms with Crippen molar-refractivity contribution in [2.75, 3.05) is 30.3 Å². The van der Waals surface area contributed by atoms with Crippen molar-refractivity contribution in [1.29, 1.82) is 0 Å². The van der Waals surface area contributed by atoms with E-state index in [4.69, 9.17) is 27.9 Å². The maximum absolute atomic E-state index is 12.8. The molecule has 2 atom stereocenters. The van der Waals surface area contributed by atoms with Crippen molar-refractivity contribution in [2.45, 2.75) is 49.6 Å². The molecule has 0 N–H and O–H groups in total. The summed E-state index contributed by atoms with van der Waals surface area (Å²) in [5.41, 5.74) is 4.29. The molecular weight excluding hydrogens is 451 g/mol. The molecule has 7 heteroatoms. The summed E-state index contributed by atoms with van der Waals surface area (Å²) in [4.78, 5) is 18.5. The van der Waals surface area contributed by atoms with Crippen LogP contribution >= 0.6 is 35.0 Å². The molecule has 5 rings (SSSR count). The van der Waals surface area contributed by atoms with Crippen LogP contribution in [-0.4, -0.2) is 48.0 Å². The summed E-state index contributed by atoms with van der Waals surface area (Å²) < 4.78 is 5.66. The number of hydrogen-bond acceptors (Lipinski definition) is 4. The number of amides is 1. The Balaban J connectivity index is 1.53. The lowest BCUT2D eigenvalue weighted by Crippen LogP contribution is -2.50. The van der Waals surface area contributed by atoms with E-state index in [0.29, 0.717) is 22.6 Å². The van der Waals surface area contributed by atoms with E-state index in [9.17, 15) is 4.79 Å². The van der Waals surface area contributed by atoms with Crippen LogP contribution < -0.4 is 4.90 Å². The smallest absolute Gasteiger partial charge is 0.410 e. The molecule has 1 fully saturated rings. The summed E-state index contributed by atoms with van der Waals surface area (Å²) in [6.45, 7) is 8.22. The predicted octanol–water partition coefficient (Wildman–Crippen LogP) is 6.68. The highest BCUT2D eigenvalue weighted by molar-refractivity contribution is 7.99. The summed E-state index contributed by atoms with van der Waals surface area (Å²) in [6, 6.07) is 10.6. The molecule has 1 amide bonds. The number of thioether (sulfide) groups is 1. The van der Waals surface area contributed by atoms with E-state index >= 15 is 0 Å². The molecule has 164 valence electrons. The molecule has 0 spiro atoms. The van der Waals surface area contributed by atoms with Crippen molar-refractivity contribution >= 4 is 46.7 Å². The van der Waals surface area contributed by atoms with Gasteiger partial charge in [0.15, 0.2) is 0 Å². The molecular formula is C24H26Cl2N2O2S. The largest absolute Gasteiger partial charge is 0.444 e. The van der Waals surface area contributed by atoms with E-state index < -0.39 is 5.60 Å². The molecule has 4 nitrogen and oxygen atoms in total. The van der Waals surface area contributed by atoms with Crippen molar-refractivity contribution in [3.05, 3.63) is 45.9 Å². The van der Waals surface area contributed by atoms with Crippen LogP contribution in [0.25, 0.3) is 11.1 Å². The van der Waals surface area contributed by atoms with Gasteiger partial charge in [0.2, 0.25) is 0 Å². The quantitative estimate of drug-likeness (QED) is 0.459. The number of likely N-dealkylation sites (tertiary alicyclic amines) is 1. The Morgan fingerprint density at radius 2 is 1.97 bits per heavy atom. The highest BCUT2D eigenvalue weighted by atomic mass is 35.5. The van der Waals surface area contributed by atoms with E-state index in [-0.39, 0.29) is 12.0 Å². The fourth-order valence-corrected chi connectivity index (χ4v) is 6.62. The highest BCUT2D eigenvalue weighted by Gasteiger charge is 2.45. The van der Waals surface area contributed by atoms with E-state index in [2.05, 4.69) is 17.0 Å². The molecule has 31 heavy (non-hydrogen) atoms. The van der Waals surface area contributed by atoms with Crippen LogP contribution in [-0.2, 0) is 4.74 Å². The van der Waals surface area contributed by atoms with E-state index in [0.717, 1.165) is 36.4 Å². The molecule has 0 aliphatic carbocycles. The lowest BCUT2D eigenvalue weighted by Gasteiger charge is -2.40. The summed E-state index contributed by atoms with van der Waals surface area (Å²) in [5.74, 6) is 1.35. The third-order valence-corrected chi connectivity index (χ3v) is 7.81. The average Bonchev–Trinajstić information content (AvgIpc) is 3.01. The van der Waals surface area contributed by atoms with Gasteiger partial charge in [0.05, 0.1) is 5.69 Å². The second kappa shape index (κ2) is 7.79. The minimum absolute atomic E-state index is 0.215. The number of carbonyl (C=O) groups is 1. The summed E-state index contributed by atoms with van der Waals surface area (Å²) in [7, 11) is 0. The average molecular weight is 477 g/mol. The zero-order valence-corrected chi connectivity index (χ0v) is 20.3. The number of rotatable bonds is 1. The zero-order valence-electron chi connectivity index (χ0n) is 18.0. The molecule has 3 aliphatic rings. The number of ether oxygens (including phenoxy) is 1. The number of nitrogens with zero attached hydrogens (tertiary/aromatic N) is 2. The minimum atomic E-state index is -0.487. The molecule has 0 aromatic heterocycles. The van der Waals surface area contributed by atoms with Gasteiger partial charge in [-0.1, -0.05) is 29.3 Å². The van der Waals surface area contributed by atoms with E-state index in [1.165, 1.54) is 16.1 Å². The Kier molecular flexibility index (Phi) is 5.35. The second-order valence-corrected chi connectivity index (χ2v) is 11.4. The van der Waals surface area contributed by atoms with Gasteiger partial charge in [0, 0.05) is 57.9 Å². The molecule has 0 radical (unpaired) electrons. The first-order valence-electron chi connectivity index (χ1n) is 10.7. The molecule has 2 aromatic carbocycles.